The lowest BCUT2D eigenvalue weighted by Crippen LogP contribution is -2.06. The highest BCUT2D eigenvalue weighted by molar-refractivity contribution is 5.94. The topological polar surface area (TPSA) is 105 Å². The molecule has 7 nitrogen and oxygen atoms in total. The molecule has 1 aromatic carbocycles. The quantitative estimate of drug-likeness (QED) is 0.657. The average molecular weight is 277 g/mol. The standard InChI is InChI=1S/C12H8FN3O4/c13-7-1-3-8(4-2-7)15-11-10(12(17)18)5-9(6-14-11)16(19)20/h1-6H,(H,14,15)(H,17,18). The van der Waals surface area contributed by atoms with Crippen LogP contribution in [0.25, 0.3) is 0 Å². The number of hydrogen-bond donors (Lipinski definition) is 2. The summed E-state index contributed by atoms with van der Waals surface area (Å²) in [5.41, 5.74) is -0.356. The van der Waals surface area contributed by atoms with Crippen molar-refractivity contribution < 1.29 is 19.2 Å². The zero-order chi connectivity index (χ0) is 14.7. The fourth-order valence-corrected chi connectivity index (χ4v) is 1.49. The molecular formula is C12H8FN3O4. The van der Waals surface area contributed by atoms with Gasteiger partial charge in [-0.1, -0.05) is 0 Å². The monoisotopic (exact) mass is 277 g/mol. The molecule has 102 valence electrons. The summed E-state index contributed by atoms with van der Waals surface area (Å²) in [4.78, 5) is 24.6. The number of nitrogens with one attached hydrogen (secondary N) is 1. The summed E-state index contributed by atoms with van der Waals surface area (Å²) < 4.78 is 12.8. The summed E-state index contributed by atoms with van der Waals surface area (Å²) in [6, 6.07) is 6.07. The van der Waals surface area contributed by atoms with Crippen LogP contribution in [-0.2, 0) is 0 Å². The van der Waals surface area contributed by atoms with Crippen LogP contribution in [0.1, 0.15) is 10.4 Å². The molecule has 20 heavy (non-hydrogen) atoms. The van der Waals surface area contributed by atoms with Gasteiger partial charge in [-0.05, 0) is 24.3 Å². The van der Waals surface area contributed by atoms with Crippen LogP contribution >= 0.6 is 0 Å². The number of carboxylic acid groups (broad SMARTS) is 1. The first-order valence-corrected chi connectivity index (χ1v) is 5.37. The van der Waals surface area contributed by atoms with Crippen LogP contribution < -0.4 is 5.32 Å². The number of rotatable bonds is 4. The minimum absolute atomic E-state index is 0.0605. The number of pyridine rings is 1. The van der Waals surface area contributed by atoms with E-state index >= 15 is 0 Å². The highest BCUT2D eigenvalue weighted by Gasteiger charge is 2.17. The molecule has 0 saturated heterocycles. The smallest absolute Gasteiger partial charge is 0.339 e. The van der Waals surface area contributed by atoms with E-state index in [1.807, 2.05) is 0 Å². The largest absolute Gasteiger partial charge is 0.478 e. The Morgan fingerprint density at radius 3 is 2.55 bits per heavy atom. The van der Waals surface area contributed by atoms with Crippen molar-refractivity contribution in [1.29, 1.82) is 0 Å². The van der Waals surface area contributed by atoms with Crippen molar-refractivity contribution in [2.75, 3.05) is 5.32 Å². The van der Waals surface area contributed by atoms with Crippen LogP contribution in [0.2, 0.25) is 0 Å². The summed E-state index contributed by atoms with van der Waals surface area (Å²) in [6.07, 6.45) is 0.943. The highest BCUT2D eigenvalue weighted by atomic mass is 19.1. The van der Waals surface area contributed by atoms with Gasteiger partial charge in [0.05, 0.1) is 4.92 Å². The Morgan fingerprint density at radius 1 is 1.35 bits per heavy atom. The molecule has 8 heteroatoms. The maximum atomic E-state index is 12.8. The summed E-state index contributed by atoms with van der Waals surface area (Å²) in [6.45, 7) is 0. The van der Waals surface area contributed by atoms with Gasteiger partial charge in [0, 0.05) is 11.8 Å². The van der Waals surface area contributed by atoms with Gasteiger partial charge >= 0.3 is 5.97 Å². The first kappa shape index (κ1) is 13.4. The van der Waals surface area contributed by atoms with Gasteiger partial charge in [0.1, 0.15) is 23.4 Å². The second-order valence-corrected chi connectivity index (χ2v) is 3.78. The van der Waals surface area contributed by atoms with Crippen molar-refractivity contribution in [1.82, 2.24) is 4.98 Å². The lowest BCUT2D eigenvalue weighted by Gasteiger charge is -2.08. The van der Waals surface area contributed by atoms with E-state index in [1.54, 1.807) is 0 Å². The third-order valence-corrected chi connectivity index (χ3v) is 2.42. The van der Waals surface area contributed by atoms with Gasteiger partial charge in [-0.25, -0.2) is 14.2 Å². The Morgan fingerprint density at radius 2 is 2.00 bits per heavy atom. The zero-order valence-electron chi connectivity index (χ0n) is 9.91. The zero-order valence-corrected chi connectivity index (χ0v) is 9.91. The van der Waals surface area contributed by atoms with Crippen molar-refractivity contribution in [3.05, 3.63) is 58.0 Å². The van der Waals surface area contributed by atoms with E-state index in [0.29, 0.717) is 5.69 Å². The van der Waals surface area contributed by atoms with Crippen molar-refractivity contribution in [2.24, 2.45) is 0 Å². The molecule has 0 bridgehead atoms. The molecule has 1 heterocycles. The number of aromatic carboxylic acids is 1. The molecule has 1 aromatic heterocycles. The van der Waals surface area contributed by atoms with Crippen LogP contribution in [0.4, 0.5) is 21.6 Å². The Kier molecular flexibility index (Phi) is 3.56. The fourth-order valence-electron chi connectivity index (χ4n) is 1.49. The molecule has 0 amide bonds. The summed E-state index contributed by atoms with van der Waals surface area (Å²) >= 11 is 0. The van der Waals surface area contributed by atoms with Gasteiger partial charge < -0.3 is 10.4 Å². The second-order valence-electron chi connectivity index (χ2n) is 3.78. The van der Waals surface area contributed by atoms with Gasteiger partial charge in [-0.2, -0.15) is 0 Å². The van der Waals surface area contributed by atoms with E-state index in [9.17, 15) is 19.3 Å². The number of halogens is 1. The molecule has 0 saturated carbocycles. The molecule has 2 aromatic rings. The molecule has 2 N–H and O–H groups in total. The van der Waals surface area contributed by atoms with Crippen molar-refractivity contribution in [3.8, 4) is 0 Å². The van der Waals surface area contributed by atoms with E-state index in [1.165, 1.54) is 24.3 Å². The molecule has 0 atom stereocenters. The Hall–Kier alpha value is -3.03. The number of nitrogens with zero attached hydrogens (tertiary/aromatic N) is 2. The number of carboxylic acids is 1. The van der Waals surface area contributed by atoms with Crippen LogP contribution in [0, 0.1) is 15.9 Å². The van der Waals surface area contributed by atoms with E-state index in [0.717, 1.165) is 12.3 Å². The lowest BCUT2D eigenvalue weighted by molar-refractivity contribution is -0.385. The normalized spacial score (nSPS) is 10.1. The van der Waals surface area contributed by atoms with Crippen LogP contribution in [0.5, 0.6) is 0 Å². The first-order valence-electron chi connectivity index (χ1n) is 5.37. The first-order chi connectivity index (χ1) is 9.47. The Balaban J connectivity index is 2.38. The molecule has 0 radical (unpaired) electrons. The summed E-state index contributed by atoms with van der Waals surface area (Å²) in [7, 11) is 0. The Labute approximate surface area is 111 Å². The molecule has 2 rings (SSSR count). The highest BCUT2D eigenvalue weighted by Crippen LogP contribution is 2.22. The van der Waals surface area contributed by atoms with E-state index in [2.05, 4.69) is 10.3 Å². The van der Waals surface area contributed by atoms with Crippen LogP contribution in [0.3, 0.4) is 0 Å². The van der Waals surface area contributed by atoms with Crippen molar-refractivity contribution in [3.63, 3.8) is 0 Å². The maximum absolute atomic E-state index is 12.8. The third kappa shape index (κ3) is 2.86. The average Bonchev–Trinajstić information content (AvgIpc) is 2.41. The predicted octanol–water partition coefficient (Wildman–Crippen LogP) is 2.57. The van der Waals surface area contributed by atoms with Gasteiger partial charge in [-0.15, -0.1) is 0 Å². The lowest BCUT2D eigenvalue weighted by atomic mass is 10.2. The second kappa shape index (κ2) is 5.31. The number of hydrogen-bond acceptors (Lipinski definition) is 5. The van der Waals surface area contributed by atoms with Crippen molar-refractivity contribution >= 4 is 23.2 Å². The SMILES string of the molecule is O=C(O)c1cc([N+](=O)[O-])cnc1Nc1ccc(F)cc1. The maximum Gasteiger partial charge on any atom is 0.339 e. The summed E-state index contributed by atoms with van der Waals surface area (Å²) in [5, 5.41) is 22.3. The molecule has 0 spiro atoms. The van der Waals surface area contributed by atoms with Gasteiger partial charge in [0.2, 0.25) is 0 Å². The van der Waals surface area contributed by atoms with Gasteiger partial charge in [0.15, 0.2) is 0 Å². The molecular weight excluding hydrogens is 269 g/mol. The fraction of sp³-hybridized carbons (Fsp3) is 0. The minimum Gasteiger partial charge on any atom is -0.478 e. The summed E-state index contributed by atoms with van der Waals surface area (Å²) in [5.74, 6) is -1.86. The van der Waals surface area contributed by atoms with Crippen LogP contribution in [-0.4, -0.2) is 21.0 Å². The predicted molar refractivity (Wildman–Crippen MR) is 67.5 cm³/mol. The van der Waals surface area contributed by atoms with Gasteiger partial charge in [-0.3, -0.25) is 10.1 Å². The molecule has 0 unspecified atom stereocenters. The van der Waals surface area contributed by atoms with Crippen LogP contribution in [0.15, 0.2) is 36.5 Å². The number of carbonyl (C=O) groups is 1. The number of benzene rings is 1. The van der Waals surface area contributed by atoms with Crippen molar-refractivity contribution in [2.45, 2.75) is 0 Å². The number of anilines is 2. The molecule has 0 aliphatic carbocycles. The van der Waals surface area contributed by atoms with E-state index in [-0.39, 0.29) is 11.4 Å². The molecule has 0 fully saturated rings. The number of aromatic nitrogens is 1. The molecule has 0 aliphatic rings. The third-order valence-electron chi connectivity index (χ3n) is 2.42. The van der Waals surface area contributed by atoms with Gasteiger partial charge in [0.25, 0.3) is 5.69 Å². The Bertz CT molecular complexity index is 673. The minimum atomic E-state index is -1.36. The van der Waals surface area contributed by atoms with E-state index < -0.39 is 22.4 Å². The molecule has 0 aliphatic heterocycles. The van der Waals surface area contributed by atoms with E-state index in [4.69, 9.17) is 5.11 Å². The number of nitro groups is 1.